The number of ether oxygens (including phenoxy) is 1. The summed E-state index contributed by atoms with van der Waals surface area (Å²) >= 11 is 0. The van der Waals surface area contributed by atoms with Crippen LogP contribution in [0.4, 0.5) is 0 Å². The van der Waals surface area contributed by atoms with E-state index in [1.807, 2.05) is 24.4 Å². The van der Waals surface area contributed by atoms with Gasteiger partial charge in [0.25, 0.3) is 0 Å². The van der Waals surface area contributed by atoms with Crippen molar-refractivity contribution in [3.05, 3.63) is 162 Å². The molecular weight excluding hydrogens is 504 g/mol. The molecule has 0 saturated heterocycles. The van der Waals surface area contributed by atoms with Gasteiger partial charge in [-0.25, -0.2) is 0 Å². The van der Waals surface area contributed by atoms with Gasteiger partial charge in [0, 0.05) is 6.20 Å². The number of fused-ring (bicyclic) bond motifs is 1. The highest BCUT2D eigenvalue weighted by Gasteiger charge is 2.51. The summed E-state index contributed by atoms with van der Waals surface area (Å²) in [6.07, 6.45) is 2.00. The van der Waals surface area contributed by atoms with Crippen LogP contribution < -0.4 is 10.1 Å². The van der Waals surface area contributed by atoms with E-state index in [0.717, 1.165) is 44.5 Å². The fourth-order valence-corrected chi connectivity index (χ4v) is 6.38. The average molecular weight is 541 g/mol. The van der Waals surface area contributed by atoms with E-state index in [0.29, 0.717) is 6.67 Å². The fourth-order valence-electron chi connectivity index (χ4n) is 6.38. The molecule has 0 aliphatic carbocycles. The van der Waals surface area contributed by atoms with Crippen LogP contribution in [0.25, 0.3) is 10.8 Å². The standard InChI is InChI=1S/C37H36N2O2/c1-27(2)37(40,33-21-19-29-24-34(41-3)22-20-28(29)23-33)35-25-38-26-39(35)36(30-13-7-4-8-14-30,31-15-9-5-10-16-31)32-17-11-6-12-18-32/h4-25,27,38,40H,26H2,1-3H3. The van der Waals surface area contributed by atoms with Gasteiger partial charge in [-0.2, -0.15) is 0 Å². The number of hydrogen-bond donors (Lipinski definition) is 2. The molecule has 2 N–H and O–H groups in total. The summed E-state index contributed by atoms with van der Waals surface area (Å²) in [4.78, 5) is 2.35. The minimum Gasteiger partial charge on any atom is -0.497 e. The van der Waals surface area contributed by atoms with Crippen molar-refractivity contribution < 1.29 is 9.84 Å². The van der Waals surface area contributed by atoms with Gasteiger partial charge in [-0.05, 0) is 57.1 Å². The highest BCUT2D eigenvalue weighted by molar-refractivity contribution is 5.85. The number of methoxy groups -OCH3 is 1. The second kappa shape index (κ2) is 10.8. The molecule has 0 aromatic heterocycles. The molecule has 0 bridgehead atoms. The van der Waals surface area contributed by atoms with Gasteiger partial charge in [0.15, 0.2) is 0 Å². The number of nitrogens with zero attached hydrogens (tertiary/aromatic N) is 1. The van der Waals surface area contributed by atoms with Crippen LogP contribution in [0.15, 0.2) is 139 Å². The smallest absolute Gasteiger partial charge is 0.133 e. The Morgan fingerprint density at radius 2 is 1.20 bits per heavy atom. The number of hydrogen-bond acceptors (Lipinski definition) is 4. The Labute approximate surface area is 242 Å². The van der Waals surface area contributed by atoms with Crippen molar-refractivity contribution in [1.82, 2.24) is 10.2 Å². The minimum atomic E-state index is -1.28. The molecule has 1 aliphatic heterocycles. The van der Waals surface area contributed by atoms with Crippen molar-refractivity contribution in [1.29, 1.82) is 0 Å². The lowest BCUT2D eigenvalue weighted by molar-refractivity contribution is -0.00860. The van der Waals surface area contributed by atoms with Gasteiger partial charge in [-0.3, -0.25) is 0 Å². The molecular formula is C37H36N2O2. The summed E-state index contributed by atoms with van der Waals surface area (Å²) < 4.78 is 5.44. The number of aliphatic hydroxyl groups is 1. The summed E-state index contributed by atoms with van der Waals surface area (Å²) in [5, 5.41) is 18.6. The first-order chi connectivity index (χ1) is 20.0. The summed E-state index contributed by atoms with van der Waals surface area (Å²) in [6, 6.07) is 44.1. The normalized spacial score (nSPS) is 15.0. The monoisotopic (exact) mass is 540 g/mol. The van der Waals surface area contributed by atoms with Crippen molar-refractivity contribution in [2.24, 2.45) is 5.92 Å². The van der Waals surface area contributed by atoms with Crippen LogP contribution in [0, 0.1) is 5.92 Å². The Hall–Kier alpha value is -4.54. The topological polar surface area (TPSA) is 44.7 Å². The summed E-state index contributed by atoms with van der Waals surface area (Å²) in [5.74, 6) is 0.698. The molecule has 1 atom stereocenters. The molecule has 5 aromatic carbocycles. The summed E-state index contributed by atoms with van der Waals surface area (Å²) in [6.45, 7) is 4.71. The first-order valence-electron chi connectivity index (χ1n) is 14.2. The van der Waals surface area contributed by atoms with Crippen LogP contribution in [0.2, 0.25) is 0 Å². The zero-order valence-electron chi connectivity index (χ0n) is 23.8. The molecule has 4 heteroatoms. The minimum absolute atomic E-state index is 0.119. The zero-order valence-corrected chi connectivity index (χ0v) is 23.8. The Bertz CT molecular complexity index is 1570. The van der Waals surface area contributed by atoms with E-state index < -0.39 is 11.1 Å². The Kier molecular flexibility index (Phi) is 7.02. The van der Waals surface area contributed by atoms with Gasteiger partial charge < -0.3 is 20.1 Å². The van der Waals surface area contributed by atoms with E-state index in [4.69, 9.17) is 4.74 Å². The van der Waals surface area contributed by atoms with Crippen molar-refractivity contribution in [3.63, 3.8) is 0 Å². The van der Waals surface area contributed by atoms with Crippen LogP contribution in [0.5, 0.6) is 5.75 Å². The average Bonchev–Trinajstić information content (AvgIpc) is 3.53. The number of benzene rings is 5. The van der Waals surface area contributed by atoms with Crippen molar-refractivity contribution in [2.75, 3.05) is 13.8 Å². The van der Waals surface area contributed by atoms with E-state index >= 15 is 0 Å². The van der Waals surface area contributed by atoms with Gasteiger partial charge in [0.05, 0.1) is 19.5 Å². The zero-order chi connectivity index (χ0) is 28.5. The van der Waals surface area contributed by atoms with Crippen LogP contribution in [-0.4, -0.2) is 23.8 Å². The molecule has 4 nitrogen and oxygen atoms in total. The molecule has 1 aliphatic rings. The molecule has 41 heavy (non-hydrogen) atoms. The van der Waals surface area contributed by atoms with Gasteiger partial charge in [0.1, 0.15) is 16.9 Å². The highest BCUT2D eigenvalue weighted by atomic mass is 16.5. The van der Waals surface area contributed by atoms with Crippen molar-refractivity contribution in [2.45, 2.75) is 25.0 Å². The van der Waals surface area contributed by atoms with Crippen LogP contribution in [0.1, 0.15) is 36.1 Å². The predicted molar refractivity (Wildman–Crippen MR) is 166 cm³/mol. The molecule has 0 radical (unpaired) electrons. The van der Waals surface area contributed by atoms with Crippen LogP contribution in [0.3, 0.4) is 0 Å². The van der Waals surface area contributed by atoms with Crippen LogP contribution >= 0.6 is 0 Å². The highest BCUT2D eigenvalue weighted by Crippen LogP contribution is 2.50. The Morgan fingerprint density at radius 3 is 1.71 bits per heavy atom. The largest absolute Gasteiger partial charge is 0.497 e. The molecule has 5 aromatic rings. The lowest BCUT2D eigenvalue weighted by Crippen LogP contribution is -2.52. The molecule has 1 unspecified atom stereocenters. The Balaban J connectivity index is 1.60. The maximum absolute atomic E-state index is 12.9. The Morgan fingerprint density at radius 1 is 0.683 bits per heavy atom. The van der Waals surface area contributed by atoms with Gasteiger partial charge >= 0.3 is 0 Å². The van der Waals surface area contributed by atoms with E-state index in [9.17, 15) is 5.11 Å². The van der Waals surface area contributed by atoms with E-state index in [-0.39, 0.29) is 5.92 Å². The molecule has 0 spiro atoms. The quantitative estimate of drug-likeness (QED) is 0.202. The number of nitrogens with one attached hydrogen (secondary N) is 1. The first kappa shape index (κ1) is 26.7. The molecule has 0 saturated carbocycles. The molecule has 206 valence electrons. The SMILES string of the molecule is COc1ccc2cc(C(O)(C3=CNCN3C(c3ccccc3)(c3ccccc3)c3ccccc3)C(C)C)ccc2c1. The van der Waals surface area contributed by atoms with E-state index in [1.165, 1.54) is 0 Å². The summed E-state index contributed by atoms with van der Waals surface area (Å²) in [7, 11) is 1.68. The van der Waals surface area contributed by atoms with Crippen LogP contribution in [-0.2, 0) is 11.1 Å². The molecule has 0 amide bonds. The third-order valence-electron chi connectivity index (χ3n) is 8.47. The second-order valence-electron chi connectivity index (χ2n) is 11.0. The third-order valence-corrected chi connectivity index (χ3v) is 8.47. The van der Waals surface area contributed by atoms with Gasteiger partial charge in [-0.1, -0.05) is 123 Å². The van der Waals surface area contributed by atoms with E-state index in [1.54, 1.807) is 7.11 Å². The molecule has 6 rings (SSSR count). The lowest BCUT2D eigenvalue weighted by Gasteiger charge is -2.49. The number of rotatable bonds is 8. The first-order valence-corrected chi connectivity index (χ1v) is 14.2. The molecule has 0 fully saturated rings. The maximum Gasteiger partial charge on any atom is 0.133 e. The lowest BCUT2D eigenvalue weighted by atomic mass is 9.73. The maximum atomic E-state index is 12.9. The van der Waals surface area contributed by atoms with Crippen molar-refractivity contribution in [3.8, 4) is 5.75 Å². The predicted octanol–water partition coefficient (Wildman–Crippen LogP) is 7.39. The van der Waals surface area contributed by atoms with Gasteiger partial charge in [-0.15, -0.1) is 0 Å². The molecule has 1 heterocycles. The fraction of sp³-hybridized carbons (Fsp3) is 0.189. The van der Waals surface area contributed by atoms with Gasteiger partial charge in [0.2, 0.25) is 0 Å². The van der Waals surface area contributed by atoms with E-state index in [2.05, 4.69) is 133 Å². The summed E-state index contributed by atoms with van der Waals surface area (Å²) in [5.41, 5.74) is 3.09. The second-order valence-corrected chi connectivity index (χ2v) is 11.0. The van der Waals surface area contributed by atoms with Crippen molar-refractivity contribution >= 4 is 10.8 Å². The third kappa shape index (κ3) is 4.36.